The SMILES string of the molecule is Cc1cc2c3c(c1)N(c1cccc4oc5ccccc5c14)c1cc(-c4ccccc4)ccc1B3c1cc3c(cc1N2c1cc(-c2ccccc2)ccc1C)C(C)(C)CCC3(C)C. The molecule has 3 aliphatic rings. The van der Waals surface area contributed by atoms with E-state index in [1.165, 1.54) is 89.3 Å². The number of nitrogens with zero attached hydrogens (tertiary/aromatic N) is 2. The maximum absolute atomic E-state index is 6.59. The first-order valence-corrected chi connectivity index (χ1v) is 22.3. The summed E-state index contributed by atoms with van der Waals surface area (Å²) in [6, 6.07) is 61.1. The van der Waals surface area contributed by atoms with Gasteiger partial charge in [-0.1, -0.05) is 143 Å². The van der Waals surface area contributed by atoms with Gasteiger partial charge in [0.25, 0.3) is 6.71 Å². The molecule has 0 atom stereocenters. The summed E-state index contributed by atoms with van der Waals surface area (Å²) in [7, 11) is 0. The van der Waals surface area contributed by atoms with Gasteiger partial charge in [-0.2, -0.15) is 0 Å². The molecule has 62 heavy (non-hydrogen) atoms. The lowest BCUT2D eigenvalue weighted by Gasteiger charge is -2.47. The van der Waals surface area contributed by atoms with Crippen LogP contribution in [0.15, 0.2) is 168 Å². The van der Waals surface area contributed by atoms with Crippen LogP contribution < -0.4 is 26.2 Å². The number of fused-ring (bicyclic) bond motifs is 8. The Balaban J connectivity index is 1.21. The Bertz CT molecular complexity index is 3290. The molecule has 1 aliphatic carbocycles. The van der Waals surface area contributed by atoms with Crippen LogP contribution in [0.4, 0.5) is 34.1 Å². The smallest absolute Gasteiger partial charge is 0.252 e. The third-order valence-corrected chi connectivity index (χ3v) is 14.5. The van der Waals surface area contributed by atoms with Gasteiger partial charge in [-0.05, 0) is 147 Å². The molecular formula is C58H49BN2O. The van der Waals surface area contributed by atoms with Crippen molar-refractivity contribution in [2.75, 3.05) is 9.80 Å². The van der Waals surface area contributed by atoms with E-state index >= 15 is 0 Å². The Kier molecular flexibility index (Phi) is 7.98. The number of anilines is 6. The molecule has 12 rings (SSSR count). The molecule has 3 heterocycles. The van der Waals surface area contributed by atoms with E-state index in [2.05, 4.69) is 215 Å². The van der Waals surface area contributed by atoms with Gasteiger partial charge in [-0.3, -0.25) is 0 Å². The fourth-order valence-corrected chi connectivity index (χ4v) is 11.1. The maximum Gasteiger partial charge on any atom is 0.252 e. The fraction of sp³-hybridized carbons (Fsp3) is 0.172. The summed E-state index contributed by atoms with van der Waals surface area (Å²) in [5.41, 5.74) is 23.5. The van der Waals surface area contributed by atoms with Crippen LogP contribution in [0.2, 0.25) is 0 Å². The Morgan fingerprint density at radius 1 is 0.452 bits per heavy atom. The molecule has 0 radical (unpaired) electrons. The number of aryl methyl sites for hydroxylation is 2. The number of rotatable bonds is 4. The summed E-state index contributed by atoms with van der Waals surface area (Å²) in [6.07, 6.45) is 2.32. The molecule has 0 saturated carbocycles. The number of hydrogen-bond donors (Lipinski definition) is 0. The predicted octanol–water partition coefficient (Wildman–Crippen LogP) is 14.0. The topological polar surface area (TPSA) is 19.6 Å². The van der Waals surface area contributed by atoms with Crippen LogP contribution in [-0.4, -0.2) is 6.71 Å². The Labute approximate surface area is 365 Å². The van der Waals surface area contributed by atoms with Gasteiger partial charge in [-0.15, -0.1) is 0 Å². The fourth-order valence-electron chi connectivity index (χ4n) is 11.1. The molecule has 0 amide bonds. The van der Waals surface area contributed by atoms with Crippen molar-refractivity contribution in [1.29, 1.82) is 0 Å². The second-order valence-corrected chi connectivity index (χ2v) is 19.3. The first kappa shape index (κ1) is 37.0. The lowest BCUT2D eigenvalue weighted by Crippen LogP contribution is -2.62. The van der Waals surface area contributed by atoms with Gasteiger partial charge in [-0.25, -0.2) is 0 Å². The van der Waals surface area contributed by atoms with Crippen LogP contribution in [0.5, 0.6) is 0 Å². The highest BCUT2D eigenvalue weighted by Crippen LogP contribution is 2.52. The molecule has 9 aromatic rings. The van der Waals surface area contributed by atoms with Crippen LogP contribution in [0.3, 0.4) is 0 Å². The van der Waals surface area contributed by atoms with Gasteiger partial charge in [0, 0.05) is 33.8 Å². The van der Waals surface area contributed by atoms with Crippen LogP contribution in [0.25, 0.3) is 44.2 Å². The Hall–Kier alpha value is -6.78. The summed E-state index contributed by atoms with van der Waals surface area (Å²) >= 11 is 0. The molecule has 3 nitrogen and oxygen atoms in total. The monoisotopic (exact) mass is 800 g/mol. The molecule has 0 bridgehead atoms. The lowest BCUT2D eigenvalue weighted by atomic mass is 9.33. The lowest BCUT2D eigenvalue weighted by molar-refractivity contribution is 0.332. The quantitative estimate of drug-likeness (QED) is 0.165. The van der Waals surface area contributed by atoms with Crippen LogP contribution in [0.1, 0.15) is 62.8 Å². The van der Waals surface area contributed by atoms with Gasteiger partial charge in [0.1, 0.15) is 11.2 Å². The van der Waals surface area contributed by atoms with Gasteiger partial charge < -0.3 is 14.2 Å². The van der Waals surface area contributed by atoms with Gasteiger partial charge in [0.05, 0.1) is 11.1 Å². The molecule has 0 saturated heterocycles. The standard InChI is InChI=1S/C58H49BN2O/c1-36-30-51-56-52(31-36)61(48-32-40(25-24-37(48)2)38-16-9-7-10-17-38)50-35-44-43(57(3,4)28-29-58(44,5)6)34-46(50)59(56)45-27-26-41(39-18-11-8-12-19-39)33-49(45)60(51)47-21-15-23-54-55(47)42-20-13-14-22-53(42)62-54/h7-27,30-35H,28-29H2,1-6H3. The van der Waals surface area contributed by atoms with Gasteiger partial charge in [0.2, 0.25) is 0 Å². The highest BCUT2D eigenvalue weighted by atomic mass is 16.3. The van der Waals surface area contributed by atoms with E-state index in [1.807, 2.05) is 0 Å². The molecule has 0 N–H and O–H groups in total. The minimum atomic E-state index is 0.00645. The van der Waals surface area contributed by atoms with Gasteiger partial charge in [0.15, 0.2) is 0 Å². The average Bonchev–Trinajstić information content (AvgIpc) is 3.67. The Morgan fingerprint density at radius 2 is 1.02 bits per heavy atom. The molecule has 0 unspecified atom stereocenters. The largest absolute Gasteiger partial charge is 0.456 e. The molecule has 0 fully saturated rings. The third-order valence-electron chi connectivity index (χ3n) is 14.5. The molecule has 1 aromatic heterocycles. The minimum absolute atomic E-state index is 0.00645. The third kappa shape index (κ3) is 5.45. The Morgan fingerprint density at radius 3 is 1.71 bits per heavy atom. The van der Waals surface area contributed by atoms with E-state index in [9.17, 15) is 0 Å². The highest BCUT2D eigenvalue weighted by Gasteiger charge is 2.47. The van der Waals surface area contributed by atoms with E-state index in [4.69, 9.17) is 4.42 Å². The van der Waals surface area contributed by atoms with Crippen molar-refractivity contribution >= 4 is 79.2 Å². The normalized spacial score (nSPS) is 15.6. The average molecular weight is 801 g/mol. The second kappa shape index (κ2) is 13.4. The number of benzene rings is 8. The van der Waals surface area contributed by atoms with Crippen molar-refractivity contribution < 1.29 is 4.42 Å². The highest BCUT2D eigenvalue weighted by molar-refractivity contribution is 7.00. The van der Waals surface area contributed by atoms with Crippen molar-refractivity contribution in [3.63, 3.8) is 0 Å². The van der Waals surface area contributed by atoms with Crippen LogP contribution in [-0.2, 0) is 10.8 Å². The predicted molar refractivity (Wildman–Crippen MR) is 263 cm³/mol. The van der Waals surface area contributed by atoms with Crippen molar-refractivity contribution in [2.24, 2.45) is 0 Å². The molecule has 300 valence electrons. The van der Waals surface area contributed by atoms with Crippen molar-refractivity contribution in [1.82, 2.24) is 0 Å². The zero-order valence-corrected chi connectivity index (χ0v) is 36.4. The van der Waals surface area contributed by atoms with E-state index in [0.717, 1.165) is 40.5 Å². The van der Waals surface area contributed by atoms with E-state index in [-0.39, 0.29) is 17.5 Å². The minimum Gasteiger partial charge on any atom is -0.456 e. The molecule has 2 aliphatic heterocycles. The zero-order valence-electron chi connectivity index (χ0n) is 36.4. The zero-order chi connectivity index (χ0) is 42.1. The second-order valence-electron chi connectivity index (χ2n) is 19.3. The molecule has 4 heteroatoms. The number of hydrogen-bond acceptors (Lipinski definition) is 3. The van der Waals surface area contributed by atoms with E-state index in [1.54, 1.807) is 0 Å². The van der Waals surface area contributed by atoms with E-state index < -0.39 is 0 Å². The summed E-state index contributed by atoms with van der Waals surface area (Å²) in [5.74, 6) is 0. The summed E-state index contributed by atoms with van der Waals surface area (Å²) < 4.78 is 6.59. The summed E-state index contributed by atoms with van der Waals surface area (Å²) in [4.78, 5) is 5.20. The maximum atomic E-state index is 6.59. The molecule has 8 aromatic carbocycles. The van der Waals surface area contributed by atoms with E-state index in [0.29, 0.717) is 0 Å². The number of para-hydroxylation sites is 1. The first-order valence-electron chi connectivity index (χ1n) is 22.3. The number of furan rings is 1. The van der Waals surface area contributed by atoms with Gasteiger partial charge >= 0.3 is 0 Å². The molecular weight excluding hydrogens is 751 g/mol. The van der Waals surface area contributed by atoms with Crippen molar-refractivity contribution in [3.8, 4) is 22.3 Å². The van der Waals surface area contributed by atoms with Crippen LogP contribution in [0, 0.1) is 13.8 Å². The van der Waals surface area contributed by atoms with Crippen LogP contribution >= 0.6 is 0 Å². The summed E-state index contributed by atoms with van der Waals surface area (Å²) in [5, 5.41) is 2.25. The summed E-state index contributed by atoms with van der Waals surface area (Å²) in [6.45, 7) is 14.4. The molecule has 0 spiro atoms. The van der Waals surface area contributed by atoms with Crippen molar-refractivity contribution in [2.45, 2.75) is 65.2 Å². The first-order chi connectivity index (χ1) is 30.1. The van der Waals surface area contributed by atoms with Crippen molar-refractivity contribution in [3.05, 3.63) is 186 Å².